The average molecular weight is 498 g/mol. The molecule has 2 amide bonds. The first-order valence-electron chi connectivity index (χ1n) is 10.1. The summed E-state index contributed by atoms with van der Waals surface area (Å²) in [6.07, 6.45) is 1.84. The number of methoxy groups -OCH3 is 1. The number of ether oxygens (including phenoxy) is 2. The molecule has 2 aromatic rings. The molecule has 0 bridgehead atoms. The van der Waals surface area contributed by atoms with E-state index < -0.39 is 28.4 Å². The second-order valence-corrected chi connectivity index (χ2v) is 9.99. The third-order valence-corrected chi connectivity index (χ3v) is 5.85. The number of anilines is 1. The van der Waals surface area contributed by atoms with Gasteiger partial charge >= 0.3 is 0 Å². The van der Waals surface area contributed by atoms with E-state index in [2.05, 4.69) is 24.7 Å². The Morgan fingerprint density at radius 3 is 2.42 bits per heavy atom. The quantitative estimate of drug-likeness (QED) is 0.488. The normalized spacial score (nSPS) is 11.1. The molecule has 0 atom stereocenters. The van der Waals surface area contributed by atoms with Crippen LogP contribution in [-0.2, 0) is 14.8 Å². The Balaban J connectivity index is 2.02. The van der Waals surface area contributed by atoms with Crippen LogP contribution < -0.4 is 24.6 Å². The average Bonchev–Trinajstić information content (AvgIpc) is 2.74. The zero-order chi connectivity index (χ0) is 24.6. The molecule has 0 aliphatic rings. The lowest BCUT2D eigenvalue weighted by atomic mass is 10.1. The number of nitrogens with zero attached hydrogens (tertiary/aromatic N) is 1. The highest BCUT2D eigenvalue weighted by molar-refractivity contribution is 7.92. The number of hydrazine groups is 1. The van der Waals surface area contributed by atoms with Crippen LogP contribution in [0.25, 0.3) is 0 Å². The SMILES string of the molecule is COc1cc(C(=O)NNC(=O)CN(c2cccc(Cl)c2)S(C)(=O)=O)ccc1OCCC(C)C. The molecule has 11 heteroatoms. The van der Waals surface area contributed by atoms with Crippen molar-refractivity contribution in [2.45, 2.75) is 20.3 Å². The Kier molecular flexibility index (Phi) is 9.36. The highest BCUT2D eigenvalue weighted by Gasteiger charge is 2.21. The molecule has 0 fully saturated rings. The van der Waals surface area contributed by atoms with Crippen molar-refractivity contribution in [3.05, 3.63) is 53.1 Å². The molecule has 33 heavy (non-hydrogen) atoms. The fraction of sp³-hybridized carbons (Fsp3) is 0.364. The molecular weight excluding hydrogens is 470 g/mol. The van der Waals surface area contributed by atoms with Crippen molar-refractivity contribution in [2.24, 2.45) is 5.92 Å². The van der Waals surface area contributed by atoms with E-state index >= 15 is 0 Å². The highest BCUT2D eigenvalue weighted by atomic mass is 35.5. The van der Waals surface area contributed by atoms with Crippen LogP contribution in [0.5, 0.6) is 11.5 Å². The maximum atomic E-state index is 12.5. The maximum Gasteiger partial charge on any atom is 0.269 e. The molecule has 9 nitrogen and oxygen atoms in total. The van der Waals surface area contributed by atoms with E-state index in [1.165, 1.54) is 31.4 Å². The van der Waals surface area contributed by atoms with Gasteiger partial charge in [-0.25, -0.2) is 8.42 Å². The summed E-state index contributed by atoms with van der Waals surface area (Å²) in [7, 11) is -2.31. The number of amides is 2. The van der Waals surface area contributed by atoms with Gasteiger partial charge in [0.05, 0.1) is 25.7 Å². The molecule has 0 spiro atoms. The molecule has 0 unspecified atom stereocenters. The fourth-order valence-corrected chi connectivity index (χ4v) is 3.77. The van der Waals surface area contributed by atoms with Crippen LogP contribution in [0.1, 0.15) is 30.6 Å². The molecule has 0 heterocycles. The van der Waals surface area contributed by atoms with Crippen molar-refractivity contribution in [3.63, 3.8) is 0 Å². The summed E-state index contributed by atoms with van der Waals surface area (Å²) >= 11 is 5.93. The number of rotatable bonds is 10. The van der Waals surface area contributed by atoms with E-state index in [9.17, 15) is 18.0 Å². The van der Waals surface area contributed by atoms with Crippen molar-refractivity contribution in [3.8, 4) is 11.5 Å². The molecule has 0 aliphatic carbocycles. The number of carbonyl (C=O) groups excluding carboxylic acids is 2. The van der Waals surface area contributed by atoms with Crippen LogP contribution in [-0.4, -0.2) is 46.7 Å². The maximum absolute atomic E-state index is 12.5. The Hall–Kier alpha value is -2.98. The predicted molar refractivity (Wildman–Crippen MR) is 127 cm³/mol. The van der Waals surface area contributed by atoms with Crippen LogP contribution in [0.2, 0.25) is 5.02 Å². The molecule has 0 radical (unpaired) electrons. The lowest BCUT2D eigenvalue weighted by molar-refractivity contribution is -0.120. The molecule has 0 saturated heterocycles. The molecule has 2 aromatic carbocycles. The van der Waals surface area contributed by atoms with Gasteiger partial charge in [0.1, 0.15) is 6.54 Å². The summed E-state index contributed by atoms with van der Waals surface area (Å²) in [4.78, 5) is 24.8. The summed E-state index contributed by atoms with van der Waals surface area (Å²) in [5.74, 6) is 0.0199. The molecule has 0 aliphatic heterocycles. The van der Waals surface area contributed by atoms with E-state index in [0.717, 1.165) is 17.0 Å². The van der Waals surface area contributed by atoms with E-state index in [-0.39, 0.29) is 11.3 Å². The van der Waals surface area contributed by atoms with Crippen LogP contribution in [0, 0.1) is 5.92 Å². The van der Waals surface area contributed by atoms with Crippen LogP contribution in [0.4, 0.5) is 5.69 Å². The van der Waals surface area contributed by atoms with Crippen molar-refractivity contribution >= 4 is 39.1 Å². The van der Waals surface area contributed by atoms with Crippen molar-refractivity contribution < 1.29 is 27.5 Å². The lowest BCUT2D eigenvalue weighted by Crippen LogP contribution is -2.47. The predicted octanol–water partition coefficient (Wildman–Crippen LogP) is 3.00. The number of carbonyl (C=O) groups is 2. The van der Waals surface area contributed by atoms with Gasteiger partial charge in [0.2, 0.25) is 10.0 Å². The molecule has 0 saturated carbocycles. The van der Waals surface area contributed by atoms with E-state index in [0.29, 0.717) is 29.0 Å². The lowest BCUT2D eigenvalue weighted by Gasteiger charge is -2.22. The third kappa shape index (κ3) is 8.14. The molecule has 180 valence electrons. The summed E-state index contributed by atoms with van der Waals surface area (Å²) in [5, 5.41) is 0.320. The number of halogens is 1. The Morgan fingerprint density at radius 1 is 1.09 bits per heavy atom. The monoisotopic (exact) mass is 497 g/mol. The summed E-state index contributed by atoms with van der Waals surface area (Å²) in [6.45, 7) is 4.14. The minimum Gasteiger partial charge on any atom is -0.493 e. The Labute approximate surface area is 199 Å². The minimum absolute atomic E-state index is 0.221. The summed E-state index contributed by atoms with van der Waals surface area (Å²) < 4.78 is 36.2. The van der Waals surface area contributed by atoms with Crippen molar-refractivity contribution in [1.29, 1.82) is 0 Å². The second kappa shape index (κ2) is 11.8. The first kappa shape index (κ1) is 26.3. The number of hydrogen-bond acceptors (Lipinski definition) is 6. The number of nitrogens with one attached hydrogen (secondary N) is 2. The van der Waals surface area contributed by atoms with Gasteiger partial charge < -0.3 is 9.47 Å². The van der Waals surface area contributed by atoms with Gasteiger partial charge in [-0.05, 0) is 48.7 Å². The standard InChI is InChI=1S/C22H28ClN3O6S/c1-15(2)10-11-32-19-9-8-16(12-20(19)31-3)22(28)25-24-21(27)14-26(33(4,29)30)18-7-5-6-17(23)13-18/h5-9,12-13,15H,10-11,14H2,1-4H3,(H,24,27)(H,25,28). The van der Waals surface area contributed by atoms with Crippen LogP contribution in [0.15, 0.2) is 42.5 Å². The largest absolute Gasteiger partial charge is 0.493 e. The highest BCUT2D eigenvalue weighted by Crippen LogP contribution is 2.28. The van der Waals surface area contributed by atoms with Gasteiger partial charge in [-0.15, -0.1) is 0 Å². The zero-order valence-electron chi connectivity index (χ0n) is 18.9. The minimum atomic E-state index is -3.78. The van der Waals surface area contributed by atoms with Gasteiger partial charge in [0.15, 0.2) is 11.5 Å². The van der Waals surface area contributed by atoms with Crippen molar-refractivity contribution in [2.75, 3.05) is 30.8 Å². The molecule has 2 N–H and O–H groups in total. The van der Waals surface area contributed by atoms with E-state index in [1.54, 1.807) is 18.2 Å². The van der Waals surface area contributed by atoms with E-state index in [4.69, 9.17) is 21.1 Å². The zero-order valence-corrected chi connectivity index (χ0v) is 20.5. The van der Waals surface area contributed by atoms with Crippen LogP contribution >= 0.6 is 11.6 Å². The van der Waals surface area contributed by atoms with Crippen molar-refractivity contribution in [1.82, 2.24) is 10.9 Å². The number of benzene rings is 2. The second-order valence-electron chi connectivity index (χ2n) is 7.65. The van der Waals surface area contributed by atoms with Gasteiger partial charge in [-0.3, -0.25) is 24.7 Å². The van der Waals surface area contributed by atoms with Crippen LogP contribution in [0.3, 0.4) is 0 Å². The van der Waals surface area contributed by atoms with Gasteiger partial charge in [-0.1, -0.05) is 31.5 Å². The smallest absolute Gasteiger partial charge is 0.269 e. The topological polar surface area (TPSA) is 114 Å². The first-order chi connectivity index (χ1) is 15.5. The third-order valence-electron chi connectivity index (χ3n) is 4.48. The Morgan fingerprint density at radius 2 is 1.82 bits per heavy atom. The Bertz CT molecular complexity index is 1090. The first-order valence-corrected chi connectivity index (χ1v) is 12.4. The molecule has 2 rings (SSSR count). The number of sulfonamides is 1. The molecule has 0 aromatic heterocycles. The van der Waals surface area contributed by atoms with Gasteiger partial charge in [-0.2, -0.15) is 0 Å². The van der Waals surface area contributed by atoms with Gasteiger partial charge in [0, 0.05) is 10.6 Å². The van der Waals surface area contributed by atoms with E-state index in [1.807, 2.05) is 0 Å². The number of hydrogen-bond donors (Lipinski definition) is 2. The fourth-order valence-electron chi connectivity index (χ4n) is 2.73. The summed E-state index contributed by atoms with van der Waals surface area (Å²) in [6, 6.07) is 10.7. The van der Waals surface area contributed by atoms with Gasteiger partial charge in [0.25, 0.3) is 11.8 Å². The molecular formula is C22H28ClN3O6S. The summed E-state index contributed by atoms with van der Waals surface area (Å²) in [5.41, 5.74) is 4.93.